The van der Waals surface area contributed by atoms with Gasteiger partial charge in [0.25, 0.3) is 0 Å². The molecule has 10 heteroatoms. The first-order valence-corrected chi connectivity index (χ1v) is 10.3. The summed E-state index contributed by atoms with van der Waals surface area (Å²) in [6, 6.07) is 0. The van der Waals surface area contributed by atoms with Crippen molar-refractivity contribution < 1.29 is 17.9 Å². The van der Waals surface area contributed by atoms with E-state index in [1.807, 2.05) is 11.9 Å². The zero-order valence-electron chi connectivity index (χ0n) is 17.3. The molecule has 0 spiro atoms. The smallest absolute Gasteiger partial charge is 0.434 e. The molecule has 2 aromatic heterocycles. The number of anilines is 1. The summed E-state index contributed by atoms with van der Waals surface area (Å²) in [5.41, 5.74) is -0.977. The highest BCUT2D eigenvalue weighted by Gasteiger charge is 2.52. The third-order valence-electron chi connectivity index (χ3n) is 6.90. The van der Waals surface area contributed by atoms with Gasteiger partial charge in [0.15, 0.2) is 17.3 Å². The Bertz CT molecular complexity index is 920. The maximum atomic E-state index is 13.1. The van der Waals surface area contributed by atoms with Gasteiger partial charge >= 0.3 is 6.18 Å². The van der Waals surface area contributed by atoms with Gasteiger partial charge < -0.3 is 14.2 Å². The van der Waals surface area contributed by atoms with Gasteiger partial charge in [0.05, 0.1) is 13.3 Å². The van der Waals surface area contributed by atoms with Crippen molar-refractivity contribution in [3.63, 3.8) is 0 Å². The van der Waals surface area contributed by atoms with Crippen molar-refractivity contribution in [1.82, 2.24) is 19.5 Å². The first-order valence-electron chi connectivity index (χ1n) is 9.96. The van der Waals surface area contributed by atoms with Crippen molar-refractivity contribution in [1.29, 1.82) is 0 Å². The topological polar surface area (TPSA) is 56.1 Å². The molecule has 6 nitrogen and oxygen atoms in total. The number of rotatable bonds is 5. The van der Waals surface area contributed by atoms with Crippen molar-refractivity contribution in [2.45, 2.75) is 50.1 Å². The Kier molecular flexibility index (Phi) is 5.15. The molecule has 0 atom stereocenters. The lowest BCUT2D eigenvalue weighted by atomic mass is 9.53. The molecule has 0 saturated heterocycles. The molecule has 3 fully saturated rings. The summed E-state index contributed by atoms with van der Waals surface area (Å²) >= 11 is 5.98. The Morgan fingerprint density at radius 2 is 1.80 bits per heavy atom. The molecular weight excluding hydrogens is 419 g/mol. The molecule has 0 aliphatic heterocycles. The SMILES string of the molecule is COc1cnc(Cl)nc1N(C)CC12CCC(c3nc(C(F)(F)F)cn3C)(CC1)CC2. The van der Waals surface area contributed by atoms with Gasteiger partial charge in [0, 0.05) is 32.3 Å². The summed E-state index contributed by atoms with van der Waals surface area (Å²) in [4.78, 5) is 14.4. The Balaban J connectivity index is 1.52. The van der Waals surface area contributed by atoms with Crippen LogP contribution in [-0.4, -0.2) is 40.2 Å². The number of alkyl halides is 3. The molecule has 3 aliphatic carbocycles. The Morgan fingerprint density at radius 3 is 2.33 bits per heavy atom. The van der Waals surface area contributed by atoms with E-state index >= 15 is 0 Å². The van der Waals surface area contributed by atoms with Gasteiger partial charge in [0.1, 0.15) is 5.82 Å². The van der Waals surface area contributed by atoms with E-state index in [2.05, 4.69) is 15.0 Å². The van der Waals surface area contributed by atoms with Crippen LogP contribution in [-0.2, 0) is 18.6 Å². The summed E-state index contributed by atoms with van der Waals surface area (Å²) in [7, 11) is 5.20. The lowest BCUT2D eigenvalue weighted by Crippen LogP contribution is -2.49. The van der Waals surface area contributed by atoms with Crippen molar-refractivity contribution in [2.75, 3.05) is 25.6 Å². The molecule has 0 aromatic carbocycles. The van der Waals surface area contributed by atoms with E-state index in [1.165, 1.54) is 0 Å². The second-order valence-corrected chi connectivity index (χ2v) is 9.06. The number of fused-ring (bicyclic) bond motifs is 3. The van der Waals surface area contributed by atoms with Crippen molar-refractivity contribution in [3.8, 4) is 5.75 Å². The van der Waals surface area contributed by atoms with E-state index in [9.17, 15) is 13.2 Å². The Hall–Kier alpha value is -2.03. The van der Waals surface area contributed by atoms with Crippen LogP contribution in [0, 0.1) is 5.41 Å². The predicted octanol–water partition coefficient (Wildman–Crippen LogP) is 4.62. The molecule has 0 N–H and O–H groups in total. The van der Waals surface area contributed by atoms with Crippen LogP contribution in [0.15, 0.2) is 12.4 Å². The number of hydrogen-bond donors (Lipinski definition) is 0. The number of ether oxygens (including phenoxy) is 1. The van der Waals surface area contributed by atoms with Crippen molar-refractivity contribution in [3.05, 3.63) is 29.2 Å². The van der Waals surface area contributed by atoms with Gasteiger partial charge in [0.2, 0.25) is 5.28 Å². The minimum absolute atomic E-state index is 0.0942. The molecule has 3 saturated carbocycles. The molecule has 30 heavy (non-hydrogen) atoms. The number of nitrogens with zero attached hydrogens (tertiary/aromatic N) is 5. The van der Waals surface area contributed by atoms with Crippen LogP contribution in [0.5, 0.6) is 5.75 Å². The standard InChI is InChI=1S/C20H25ClF3N5O/c1-28-11-14(20(22,23)24)26-16(28)19-7-4-18(5-8-19,6-9-19)12-29(2)15-13(30-3)10-25-17(21)27-15/h10-11H,4-9,12H2,1-3H3. The second-order valence-electron chi connectivity index (χ2n) is 8.73. The van der Waals surface area contributed by atoms with Crippen molar-refractivity contribution in [2.24, 2.45) is 12.5 Å². The quantitative estimate of drug-likeness (QED) is 0.631. The highest BCUT2D eigenvalue weighted by atomic mass is 35.5. The zero-order chi connectivity index (χ0) is 21.7. The minimum atomic E-state index is -4.42. The fraction of sp³-hybridized carbons (Fsp3) is 0.650. The largest absolute Gasteiger partial charge is 0.491 e. The van der Waals surface area contributed by atoms with E-state index in [1.54, 1.807) is 24.9 Å². The molecule has 2 bridgehead atoms. The highest BCUT2D eigenvalue weighted by Crippen LogP contribution is 2.58. The van der Waals surface area contributed by atoms with E-state index in [0.29, 0.717) is 17.4 Å². The van der Waals surface area contributed by atoms with Crippen LogP contribution in [0.3, 0.4) is 0 Å². The number of hydrogen-bond acceptors (Lipinski definition) is 5. The highest BCUT2D eigenvalue weighted by molar-refractivity contribution is 6.28. The average Bonchev–Trinajstić information content (AvgIpc) is 3.12. The number of aryl methyl sites for hydroxylation is 1. The summed E-state index contributed by atoms with van der Waals surface area (Å²) in [6.45, 7) is 0.779. The van der Waals surface area contributed by atoms with Crippen molar-refractivity contribution >= 4 is 17.4 Å². The van der Waals surface area contributed by atoms with Gasteiger partial charge in [-0.05, 0) is 55.5 Å². The van der Waals surface area contributed by atoms with Crippen LogP contribution in [0.4, 0.5) is 19.0 Å². The van der Waals surface area contributed by atoms with E-state index in [-0.39, 0.29) is 16.1 Å². The summed E-state index contributed by atoms with van der Waals surface area (Å²) in [6.07, 6.45) is 3.58. The Labute approximate surface area is 178 Å². The lowest BCUT2D eigenvalue weighted by Gasteiger charge is -2.54. The Morgan fingerprint density at radius 1 is 1.17 bits per heavy atom. The van der Waals surface area contributed by atoms with Crippen LogP contribution in [0.2, 0.25) is 5.28 Å². The van der Waals surface area contributed by atoms with Crippen LogP contribution in [0.25, 0.3) is 0 Å². The van der Waals surface area contributed by atoms with Crippen LogP contribution < -0.4 is 9.64 Å². The minimum Gasteiger partial charge on any atom is -0.491 e. The predicted molar refractivity (Wildman–Crippen MR) is 107 cm³/mol. The lowest BCUT2D eigenvalue weighted by molar-refractivity contribution is -0.141. The maximum Gasteiger partial charge on any atom is 0.434 e. The van der Waals surface area contributed by atoms with Gasteiger partial charge in [-0.3, -0.25) is 0 Å². The summed E-state index contributed by atoms with van der Waals surface area (Å²) in [5.74, 6) is 1.78. The molecule has 0 unspecified atom stereocenters. The van der Waals surface area contributed by atoms with Gasteiger partial charge in [-0.25, -0.2) is 9.97 Å². The monoisotopic (exact) mass is 443 g/mol. The third-order valence-corrected chi connectivity index (χ3v) is 7.09. The number of imidazole rings is 1. The van der Waals surface area contributed by atoms with E-state index in [4.69, 9.17) is 16.3 Å². The molecule has 3 aliphatic rings. The first kappa shape index (κ1) is 21.2. The van der Waals surface area contributed by atoms with E-state index in [0.717, 1.165) is 51.3 Å². The second kappa shape index (κ2) is 7.28. The fourth-order valence-electron chi connectivity index (χ4n) is 5.27. The first-order chi connectivity index (χ1) is 14.1. The van der Waals surface area contributed by atoms with Gasteiger partial charge in [-0.1, -0.05) is 0 Å². The van der Waals surface area contributed by atoms with Gasteiger partial charge in [-0.15, -0.1) is 0 Å². The molecule has 164 valence electrons. The summed E-state index contributed by atoms with van der Waals surface area (Å²) < 4.78 is 46.3. The van der Waals surface area contributed by atoms with Gasteiger partial charge in [-0.2, -0.15) is 18.2 Å². The normalized spacial score (nSPS) is 26.1. The van der Waals surface area contributed by atoms with Crippen LogP contribution >= 0.6 is 11.6 Å². The molecule has 2 heterocycles. The molecule has 0 radical (unpaired) electrons. The summed E-state index contributed by atoms with van der Waals surface area (Å²) in [5, 5.41) is 0.164. The van der Waals surface area contributed by atoms with Crippen LogP contribution in [0.1, 0.15) is 50.0 Å². The number of aromatic nitrogens is 4. The molecule has 2 aromatic rings. The average molecular weight is 444 g/mol. The number of methoxy groups -OCH3 is 1. The third kappa shape index (κ3) is 3.61. The molecular formula is C20H25ClF3N5O. The number of halogens is 4. The zero-order valence-corrected chi connectivity index (χ0v) is 18.0. The fourth-order valence-corrected chi connectivity index (χ4v) is 5.40. The van der Waals surface area contributed by atoms with E-state index < -0.39 is 11.9 Å². The maximum absolute atomic E-state index is 13.1. The molecule has 5 rings (SSSR count). The molecule has 0 amide bonds.